The molecule has 1 aromatic heterocycles. The molecule has 0 atom stereocenters. The first-order valence-electron chi connectivity index (χ1n) is 8.64. The Morgan fingerprint density at radius 3 is 2.38 bits per heavy atom. The molecule has 1 N–H and O–H groups in total. The third-order valence-corrected chi connectivity index (χ3v) is 5.83. The predicted octanol–water partition coefficient (Wildman–Crippen LogP) is 1.99. The van der Waals surface area contributed by atoms with Gasteiger partial charge in [-0.05, 0) is 48.9 Å². The molecule has 1 saturated heterocycles. The smallest absolute Gasteiger partial charge is 0.211 e. The summed E-state index contributed by atoms with van der Waals surface area (Å²) in [5.74, 6) is 0.681. The summed E-state index contributed by atoms with van der Waals surface area (Å²) in [5, 5.41) is 0. The van der Waals surface area contributed by atoms with E-state index in [1.165, 1.54) is 12.1 Å². The summed E-state index contributed by atoms with van der Waals surface area (Å²) in [7, 11) is -3.21. The summed E-state index contributed by atoms with van der Waals surface area (Å²) in [6, 6.07) is 10.3. The van der Waals surface area contributed by atoms with E-state index in [1.54, 1.807) is 25.3 Å². The number of piperazine rings is 1. The highest BCUT2D eigenvalue weighted by Gasteiger charge is 2.18. The van der Waals surface area contributed by atoms with E-state index >= 15 is 0 Å². The first kappa shape index (κ1) is 18.6. The van der Waals surface area contributed by atoms with E-state index in [9.17, 15) is 12.8 Å². The minimum atomic E-state index is -3.21. The van der Waals surface area contributed by atoms with Crippen LogP contribution in [-0.2, 0) is 16.6 Å². The van der Waals surface area contributed by atoms with E-state index < -0.39 is 10.0 Å². The Balaban J connectivity index is 1.60. The van der Waals surface area contributed by atoms with Crippen LogP contribution < -0.4 is 14.5 Å². The van der Waals surface area contributed by atoms with Gasteiger partial charge in [0.25, 0.3) is 0 Å². The molecule has 0 radical (unpaired) electrons. The van der Waals surface area contributed by atoms with Gasteiger partial charge in [-0.15, -0.1) is 0 Å². The highest BCUT2D eigenvalue weighted by molar-refractivity contribution is 7.89. The number of aromatic nitrogens is 1. The van der Waals surface area contributed by atoms with Gasteiger partial charge >= 0.3 is 0 Å². The summed E-state index contributed by atoms with van der Waals surface area (Å²) < 4.78 is 38.8. The molecule has 1 fully saturated rings. The minimum Gasteiger partial charge on any atom is -0.368 e. The van der Waals surface area contributed by atoms with E-state index in [4.69, 9.17) is 0 Å². The normalized spacial score (nSPS) is 15.3. The number of halogens is 1. The largest absolute Gasteiger partial charge is 0.368 e. The molecular weight excluding hydrogens is 355 g/mol. The number of hydrogen-bond donors (Lipinski definition) is 1. The van der Waals surface area contributed by atoms with Crippen LogP contribution in [-0.4, -0.2) is 45.3 Å². The molecule has 8 heteroatoms. The van der Waals surface area contributed by atoms with E-state index in [-0.39, 0.29) is 18.1 Å². The fraction of sp³-hybridized carbons (Fsp3) is 0.389. The molecule has 6 nitrogen and oxygen atoms in total. The molecule has 0 unspecified atom stereocenters. The zero-order valence-electron chi connectivity index (χ0n) is 14.7. The lowest BCUT2D eigenvalue weighted by molar-refractivity contribution is 0.582. The lowest BCUT2D eigenvalue weighted by atomic mass is 10.2. The average Bonchev–Trinajstić information content (AvgIpc) is 2.67. The maximum atomic E-state index is 13.1. The minimum absolute atomic E-state index is 0.0658. The Hall–Kier alpha value is -2.19. The maximum absolute atomic E-state index is 13.1. The van der Waals surface area contributed by atoms with Crippen molar-refractivity contribution in [3.8, 4) is 0 Å². The number of sulfonamides is 1. The number of benzene rings is 1. The number of nitrogens with one attached hydrogen (secondary N) is 1. The van der Waals surface area contributed by atoms with Gasteiger partial charge in [0.1, 0.15) is 11.6 Å². The second-order valence-corrected chi connectivity index (χ2v) is 8.29. The van der Waals surface area contributed by atoms with Crippen molar-refractivity contribution in [2.75, 3.05) is 41.7 Å². The van der Waals surface area contributed by atoms with E-state index in [0.717, 1.165) is 43.2 Å². The number of nitrogens with zero attached hydrogens (tertiary/aromatic N) is 3. The molecule has 0 spiro atoms. The van der Waals surface area contributed by atoms with Crippen molar-refractivity contribution in [2.45, 2.75) is 13.5 Å². The number of anilines is 2. The highest BCUT2D eigenvalue weighted by atomic mass is 32.2. The van der Waals surface area contributed by atoms with Crippen molar-refractivity contribution in [3.05, 3.63) is 54.0 Å². The zero-order valence-corrected chi connectivity index (χ0v) is 15.5. The molecule has 0 bridgehead atoms. The summed E-state index contributed by atoms with van der Waals surface area (Å²) >= 11 is 0. The van der Waals surface area contributed by atoms with Crippen LogP contribution in [0.25, 0.3) is 0 Å². The van der Waals surface area contributed by atoms with Crippen LogP contribution in [0.4, 0.5) is 15.9 Å². The number of hydrogen-bond acceptors (Lipinski definition) is 5. The van der Waals surface area contributed by atoms with Gasteiger partial charge < -0.3 is 9.80 Å². The number of rotatable bonds is 6. The van der Waals surface area contributed by atoms with E-state index in [1.807, 2.05) is 12.1 Å². The van der Waals surface area contributed by atoms with Gasteiger partial charge in [-0.1, -0.05) is 0 Å². The fourth-order valence-electron chi connectivity index (χ4n) is 2.88. The second-order valence-electron chi connectivity index (χ2n) is 6.20. The summed E-state index contributed by atoms with van der Waals surface area (Å²) in [6.07, 6.45) is 1.71. The van der Waals surface area contributed by atoms with Gasteiger partial charge in [0.2, 0.25) is 10.0 Å². The van der Waals surface area contributed by atoms with Crippen molar-refractivity contribution in [3.63, 3.8) is 0 Å². The van der Waals surface area contributed by atoms with Crippen LogP contribution >= 0.6 is 0 Å². The predicted molar refractivity (Wildman–Crippen MR) is 101 cm³/mol. The number of pyridine rings is 1. The van der Waals surface area contributed by atoms with Gasteiger partial charge in [0, 0.05) is 44.6 Å². The molecular formula is C18H23FN4O2S. The molecule has 0 aliphatic carbocycles. The Kier molecular flexibility index (Phi) is 5.73. The summed E-state index contributed by atoms with van der Waals surface area (Å²) in [4.78, 5) is 8.81. The second kappa shape index (κ2) is 8.01. The van der Waals surface area contributed by atoms with Crippen molar-refractivity contribution in [2.24, 2.45) is 0 Å². The van der Waals surface area contributed by atoms with Crippen LogP contribution in [0.5, 0.6) is 0 Å². The van der Waals surface area contributed by atoms with Crippen molar-refractivity contribution in [1.29, 1.82) is 0 Å². The van der Waals surface area contributed by atoms with E-state index in [2.05, 4.69) is 19.5 Å². The Bertz CT molecular complexity index is 835. The average molecular weight is 378 g/mol. The highest BCUT2D eigenvalue weighted by Crippen LogP contribution is 2.20. The standard InChI is InChI=1S/C18H23FN4O2S/c1-2-26(24,25)21-14-15-7-8-20-18(13-15)23-11-9-22(10-12-23)17-5-3-16(19)4-6-17/h3-8,13,21H,2,9-12,14H2,1H3. The molecule has 2 heterocycles. The lowest BCUT2D eigenvalue weighted by Crippen LogP contribution is -2.46. The first-order chi connectivity index (χ1) is 12.5. The summed E-state index contributed by atoms with van der Waals surface area (Å²) in [6.45, 7) is 5.12. The Labute approximate surface area is 153 Å². The third kappa shape index (κ3) is 4.70. The van der Waals surface area contributed by atoms with Crippen LogP contribution in [0, 0.1) is 5.82 Å². The Morgan fingerprint density at radius 2 is 1.73 bits per heavy atom. The van der Waals surface area contributed by atoms with Crippen molar-refractivity contribution >= 4 is 21.5 Å². The first-order valence-corrected chi connectivity index (χ1v) is 10.3. The molecule has 1 aliphatic rings. The zero-order chi connectivity index (χ0) is 18.6. The van der Waals surface area contributed by atoms with Crippen molar-refractivity contribution in [1.82, 2.24) is 9.71 Å². The van der Waals surface area contributed by atoms with Crippen LogP contribution in [0.3, 0.4) is 0 Å². The van der Waals surface area contributed by atoms with Gasteiger partial charge in [-0.3, -0.25) is 0 Å². The van der Waals surface area contributed by atoms with Crippen LogP contribution in [0.1, 0.15) is 12.5 Å². The molecule has 2 aromatic rings. The van der Waals surface area contributed by atoms with Gasteiger partial charge in [0.05, 0.1) is 5.75 Å². The monoisotopic (exact) mass is 378 g/mol. The molecule has 0 saturated carbocycles. The van der Waals surface area contributed by atoms with Gasteiger partial charge in [-0.25, -0.2) is 22.5 Å². The maximum Gasteiger partial charge on any atom is 0.211 e. The van der Waals surface area contributed by atoms with Gasteiger partial charge in [-0.2, -0.15) is 0 Å². The molecule has 1 aliphatic heterocycles. The molecule has 0 amide bonds. The topological polar surface area (TPSA) is 65.5 Å². The molecule has 26 heavy (non-hydrogen) atoms. The van der Waals surface area contributed by atoms with Crippen LogP contribution in [0.2, 0.25) is 0 Å². The lowest BCUT2D eigenvalue weighted by Gasteiger charge is -2.36. The van der Waals surface area contributed by atoms with Crippen LogP contribution in [0.15, 0.2) is 42.6 Å². The molecule has 3 rings (SSSR count). The summed E-state index contributed by atoms with van der Waals surface area (Å²) in [5.41, 5.74) is 1.90. The van der Waals surface area contributed by atoms with E-state index in [0.29, 0.717) is 0 Å². The Morgan fingerprint density at radius 1 is 1.08 bits per heavy atom. The van der Waals surface area contributed by atoms with Gasteiger partial charge in [0.15, 0.2) is 0 Å². The molecule has 1 aromatic carbocycles. The van der Waals surface area contributed by atoms with Crippen molar-refractivity contribution < 1.29 is 12.8 Å². The quantitative estimate of drug-likeness (QED) is 0.833. The SMILES string of the molecule is CCS(=O)(=O)NCc1ccnc(N2CCN(c3ccc(F)cc3)CC2)c1. The molecule has 140 valence electrons. The fourth-order valence-corrected chi connectivity index (χ4v) is 3.48. The third-order valence-electron chi connectivity index (χ3n) is 4.48.